The lowest BCUT2D eigenvalue weighted by Crippen LogP contribution is -2.20. The predicted molar refractivity (Wildman–Crippen MR) is 73.8 cm³/mol. The van der Waals surface area contributed by atoms with E-state index in [1.165, 1.54) is 0 Å². The zero-order valence-corrected chi connectivity index (χ0v) is 11.3. The van der Waals surface area contributed by atoms with Gasteiger partial charge in [-0.05, 0) is 6.07 Å². The van der Waals surface area contributed by atoms with Gasteiger partial charge in [-0.25, -0.2) is 4.79 Å². The van der Waals surface area contributed by atoms with Gasteiger partial charge in [0.05, 0.1) is 6.54 Å². The fraction of sp³-hybridized carbons (Fsp3) is 0.308. The molecule has 1 heterocycles. The predicted octanol–water partition coefficient (Wildman–Crippen LogP) is 1.60. The van der Waals surface area contributed by atoms with Crippen LogP contribution in [0.2, 0.25) is 0 Å². The first kappa shape index (κ1) is 13.8. The lowest BCUT2D eigenvalue weighted by atomic mass is 10.1. The molecule has 1 aromatic carbocycles. The Morgan fingerprint density at radius 3 is 2.84 bits per heavy atom. The van der Waals surface area contributed by atoms with Crippen LogP contribution in [0.15, 0.2) is 28.7 Å². The lowest BCUT2D eigenvalue weighted by Gasteiger charge is -2.01. The highest BCUT2D eigenvalue weighted by molar-refractivity contribution is 7.84. The van der Waals surface area contributed by atoms with Crippen molar-refractivity contribution in [1.82, 2.24) is 5.32 Å². The van der Waals surface area contributed by atoms with Crippen molar-refractivity contribution in [3.05, 3.63) is 35.6 Å². The van der Waals surface area contributed by atoms with Crippen molar-refractivity contribution < 1.29 is 18.5 Å². The molecule has 2 N–H and O–H groups in total. The average Bonchev–Trinajstić information content (AvgIpc) is 2.72. The monoisotopic (exact) mass is 281 g/mol. The normalized spacial score (nSPS) is 12.7. The van der Waals surface area contributed by atoms with Gasteiger partial charge >= 0.3 is 5.97 Å². The molecule has 2 rings (SSSR count). The zero-order valence-electron chi connectivity index (χ0n) is 10.5. The van der Waals surface area contributed by atoms with Gasteiger partial charge in [0.1, 0.15) is 16.9 Å². The van der Waals surface area contributed by atoms with E-state index in [0.717, 1.165) is 0 Å². The van der Waals surface area contributed by atoms with Crippen molar-refractivity contribution in [2.45, 2.75) is 6.54 Å². The van der Waals surface area contributed by atoms with Crippen LogP contribution in [0.25, 0.3) is 11.0 Å². The Kier molecular flexibility index (Phi) is 4.34. The molecular weight excluding hydrogens is 266 g/mol. The fourth-order valence-electron chi connectivity index (χ4n) is 1.87. The number of aromatic carboxylic acids is 1. The van der Waals surface area contributed by atoms with Crippen molar-refractivity contribution in [1.29, 1.82) is 0 Å². The summed E-state index contributed by atoms with van der Waals surface area (Å²) >= 11 is 0. The highest BCUT2D eigenvalue weighted by atomic mass is 32.2. The molecule has 2 aromatic rings. The summed E-state index contributed by atoms with van der Waals surface area (Å²) in [6.45, 7) is 0.868. The van der Waals surface area contributed by atoms with Gasteiger partial charge in [0.25, 0.3) is 0 Å². The maximum atomic E-state index is 11.3. The van der Waals surface area contributed by atoms with Crippen LogP contribution in [0.3, 0.4) is 0 Å². The van der Waals surface area contributed by atoms with Crippen molar-refractivity contribution in [3.8, 4) is 0 Å². The quantitative estimate of drug-likeness (QED) is 0.786. The van der Waals surface area contributed by atoms with Gasteiger partial charge in [-0.15, -0.1) is 0 Å². The summed E-state index contributed by atoms with van der Waals surface area (Å²) in [4.78, 5) is 11.3. The highest BCUT2D eigenvalue weighted by Gasteiger charge is 2.19. The number of nitrogens with one attached hydrogen (secondary N) is 1. The molecule has 0 saturated carbocycles. The minimum atomic E-state index is -0.999. The number of carboxylic acid groups (broad SMARTS) is 1. The third-order valence-electron chi connectivity index (χ3n) is 2.73. The Balaban J connectivity index is 2.20. The van der Waals surface area contributed by atoms with E-state index in [2.05, 4.69) is 5.32 Å². The number of furan rings is 1. The zero-order chi connectivity index (χ0) is 13.8. The number of carboxylic acids is 1. The Hall–Kier alpha value is -1.66. The van der Waals surface area contributed by atoms with Gasteiger partial charge < -0.3 is 14.8 Å². The Morgan fingerprint density at radius 1 is 1.42 bits per heavy atom. The smallest absolute Gasteiger partial charge is 0.339 e. The standard InChI is InChI=1S/C13H15NO4S/c1-19(17)7-6-14-8-11-12(13(15)16)9-4-2-3-5-10(9)18-11/h2-5,14H,6-8H2,1H3,(H,15,16). The second kappa shape index (κ2) is 5.99. The summed E-state index contributed by atoms with van der Waals surface area (Å²) in [5, 5.41) is 12.9. The second-order valence-electron chi connectivity index (χ2n) is 4.16. The van der Waals surface area contributed by atoms with Crippen molar-refractivity contribution >= 4 is 27.7 Å². The first-order chi connectivity index (χ1) is 9.09. The van der Waals surface area contributed by atoms with Gasteiger partial charge in [-0.3, -0.25) is 4.21 Å². The van der Waals surface area contributed by atoms with E-state index in [9.17, 15) is 14.1 Å². The van der Waals surface area contributed by atoms with Crippen LogP contribution < -0.4 is 5.32 Å². The third kappa shape index (κ3) is 3.21. The molecule has 1 aromatic heterocycles. The number of rotatable bonds is 6. The number of para-hydroxylation sites is 1. The van der Waals surface area contributed by atoms with Crippen LogP contribution in [0.1, 0.15) is 16.1 Å². The van der Waals surface area contributed by atoms with E-state index >= 15 is 0 Å². The van der Waals surface area contributed by atoms with E-state index in [4.69, 9.17) is 4.42 Å². The summed E-state index contributed by atoms with van der Waals surface area (Å²) in [5.74, 6) is -0.0702. The largest absolute Gasteiger partial charge is 0.478 e. The number of fused-ring (bicyclic) bond motifs is 1. The molecule has 102 valence electrons. The molecule has 1 unspecified atom stereocenters. The van der Waals surface area contributed by atoms with Gasteiger partial charge in [-0.1, -0.05) is 18.2 Å². The first-order valence-electron chi connectivity index (χ1n) is 5.84. The first-order valence-corrected chi connectivity index (χ1v) is 7.56. The number of hydrogen-bond donors (Lipinski definition) is 2. The van der Waals surface area contributed by atoms with Crippen molar-refractivity contribution in [2.75, 3.05) is 18.6 Å². The maximum Gasteiger partial charge on any atom is 0.339 e. The number of hydrogen-bond acceptors (Lipinski definition) is 4. The Bertz CT molecular complexity index is 620. The van der Waals surface area contributed by atoms with E-state index in [1.807, 2.05) is 0 Å². The molecule has 0 spiro atoms. The number of benzene rings is 1. The van der Waals surface area contributed by atoms with E-state index < -0.39 is 16.8 Å². The third-order valence-corrected chi connectivity index (χ3v) is 3.51. The van der Waals surface area contributed by atoms with Gasteiger partial charge in [0.15, 0.2) is 0 Å². The van der Waals surface area contributed by atoms with Crippen LogP contribution >= 0.6 is 0 Å². The van der Waals surface area contributed by atoms with Crippen LogP contribution in [0, 0.1) is 0 Å². The minimum absolute atomic E-state index is 0.195. The van der Waals surface area contributed by atoms with Crippen molar-refractivity contribution in [2.24, 2.45) is 0 Å². The van der Waals surface area contributed by atoms with E-state index in [-0.39, 0.29) is 5.56 Å². The molecule has 0 radical (unpaired) electrons. The summed E-state index contributed by atoms with van der Waals surface area (Å²) in [5.41, 5.74) is 0.761. The van der Waals surface area contributed by atoms with Crippen molar-refractivity contribution in [3.63, 3.8) is 0 Å². The average molecular weight is 281 g/mol. The van der Waals surface area contributed by atoms with Gasteiger partial charge in [-0.2, -0.15) is 0 Å². The van der Waals surface area contributed by atoms with Gasteiger partial charge in [0, 0.05) is 34.7 Å². The second-order valence-corrected chi connectivity index (χ2v) is 5.71. The molecule has 0 saturated heterocycles. The van der Waals surface area contributed by atoms with Crippen LogP contribution in [-0.4, -0.2) is 33.8 Å². The molecule has 0 bridgehead atoms. The summed E-state index contributed by atoms with van der Waals surface area (Å²) in [6, 6.07) is 7.05. The van der Waals surface area contributed by atoms with E-state index in [0.29, 0.717) is 35.6 Å². The molecule has 0 amide bonds. The topological polar surface area (TPSA) is 79.5 Å². The fourth-order valence-corrected chi connectivity index (χ4v) is 2.30. The summed E-state index contributed by atoms with van der Waals surface area (Å²) < 4.78 is 16.5. The summed E-state index contributed by atoms with van der Waals surface area (Å²) in [6.07, 6.45) is 1.63. The molecule has 5 nitrogen and oxygen atoms in total. The molecule has 0 aliphatic rings. The van der Waals surface area contributed by atoms with Gasteiger partial charge in [0.2, 0.25) is 0 Å². The SMILES string of the molecule is CS(=O)CCNCc1oc2ccccc2c1C(=O)O. The minimum Gasteiger partial charge on any atom is -0.478 e. The molecule has 0 aliphatic heterocycles. The highest BCUT2D eigenvalue weighted by Crippen LogP contribution is 2.25. The molecule has 19 heavy (non-hydrogen) atoms. The van der Waals surface area contributed by atoms with Crippen LogP contribution in [-0.2, 0) is 17.3 Å². The molecule has 0 aliphatic carbocycles. The molecule has 0 fully saturated rings. The van der Waals surface area contributed by atoms with Crippen LogP contribution in [0.4, 0.5) is 0 Å². The molecule has 1 atom stereocenters. The molecule has 6 heteroatoms. The molecular formula is C13H15NO4S. The van der Waals surface area contributed by atoms with E-state index in [1.54, 1.807) is 30.5 Å². The maximum absolute atomic E-state index is 11.3. The Labute approximate surface area is 113 Å². The summed E-state index contributed by atoms with van der Waals surface area (Å²) in [7, 11) is -0.862. The van der Waals surface area contributed by atoms with Crippen LogP contribution in [0.5, 0.6) is 0 Å². The Morgan fingerprint density at radius 2 is 2.16 bits per heavy atom. The lowest BCUT2D eigenvalue weighted by molar-refractivity contribution is 0.0696. The number of carbonyl (C=O) groups is 1.